The van der Waals surface area contributed by atoms with Crippen LogP contribution in [0.3, 0.4) is 0 Å². The van der Waals surface area contributed by atoms with E-state index in [0.29, 0.717) is 17.6 Å². The molecule has 0 bridgehead atoms. The number of rotatable bonds is 4. The number of nitrogens with one attached hydrogen (secondary N) is 1. The summed E-state index contributed by atoms with van der Waals surface area (Å²) in [7, 11) is 1.96. The van der Waals surface area contributed by atoms with E-state index in [0.717, 1.165) is 30.8 Å². The second-order valence-electron chi connectivity index (χ2n) is 6.56. The molecule has 1 aliphatic rings. The third-order valence-electron chi connectivity index (χ3n) is 4.81. The quantitative estimate of drug-likeness (QED) is 0.780. The zero-order valence-corrected chi connectivity index (χ0v) is 14.6. The van der Waals surface area contributed by atoms with Crippen LogP contribution in [-0.2, 0) is 11.8 Å². The monoisotopic (exact) mass is 351 g/mol. The molecule has 4 rings (SSSR count). The lowest BCUT2D eigenvalue weighted by Gasteiger charge is -2.31. The number of imidazole rings is 1. The second kappa shape index (κ2) is 7.21. The summed E-state index contributed by atoms with van der Waals surface area (Å²) in [5.74, 6) is 1.00. The van der Waals surface area contributed by atoms with Crippen LogP contribution in [0.2, 0.25) is 0 Å². The number of aromatic nitrogens is 4. The van der Waals surface area contributed by atoms with Crippen LogP contribution in [0.4, 0.5) is 0 Å². The number of benzene rings is 1. The van der Waals surface area contributed by atoms with Crippen molar-refractivity contribution < 1.29 is 9.53 Å². The molecule has 7 heteroatoms. The molecular formula is C19H21N5O2. The van der Waals surface area contributed by atoms with E-state index in [-0.39, 0.29) is 17.9 Å². The van der Waals surface area contributed by atoms with Gasteiger partial charge in [0.25, 0.3) is 5.91 Å². The van der Waals surface area contributed by atoms with Crippen molar-refractivity contribution in [2.45, 2.75) is 18.9 Å². The van der Waals surface area contributed by atoms with Crippen LogP contribution in [0.15, 0.2) is 43.0 Å². The van der Waals surface area contributed by atoms with Crippen LogP contribution < -0.4 is 5.32 Å². The average Bonchev–Trinajstić information content (AvgIpc) is 3.11. The van der Waals surface area contributed by atoms with Crippen molar-refractivity contribution in [3.05, 3.63) is 54.4 Å². The fourth-order valence-electron chi connectivity index (χ4n) is 3.42. The van der Waals surface area contributed by atoms with E-state index in [9.17, 15) is 4.79 Å². The molecule has 0 saturated carbocycles. The minimum absolute atomic E-state index is 0.0912. The standard InChI is InChI=1S/C19H21N5O2/c1-24-9-8-22-18(24)17-14(3-2-10-26-17)12-23-19(25)13-4-5-15-16(11-13)21-7-6-20-15/h4-9,11,14,17H,2-3,10,12H2,1H3,(H,23,25)/t14-,17+/m0/s1. The SMILES string of the molecule is Cn1ccnc1[C@@H]1OCCC[C@H]1CNC(=O)c1ccc2nccnc2c1. The maximum atomic E-state index is 12.6. The van der Waals surface area contributed by atoms with Crippen molar-refractivity contribution in [3.8, 4) is 0 Å². The van der Waals surface area contributed by atoms with Crippen molar-refractivity contribution in [1.82, 2.24) is 24.8 Å². The molecule has 1 aliphatic heterocycles. The Hall–Kier alpha value is -2.80. The zero-order chi connectivity index (χ0) is 17.9. The van der Waals surface area contributed by atoms with Crippen molar-refractivity contribution in [3.63, 3.8) is 0 Å². The van der Waals surface area contributed by atoms with Crippen LogP contribution in [0.25, 0.3) is 11.0 Å². The van der Waals surface area contributed by atoms with Gasteiger partial charge in [-0.25, -0.2) is 4.98 Å². The molecule has 3 heterocycles. The van der Waals surface area contributed by atoms with Crippen molar-refractivity contribution in [1.29, 1.82) is 0 Å². The molecular weight excluding hydrogens is 330 g/mol. The van der Waals surface area contributed by atoms with Gasteiger partial charge in [-0.15, -0.1) is 0 Å². The Morgan fingerprint density at radius 2 is 2.08 bits per heavy atom. The Balaban J connectivity index is 1.46. The van der Waals surface area contributed by atoms with Crippen LogP contribution in [-0.4, -0.2) is 38.6 Å². The summed E-state index contributed by atoms with van der Waals surface area (Å²) >= 11 is 0. The zero-order valence-electron chi connectivity index (χ0n) is 14.6. The average molecular weight is 351 g/mol. The van der Waals surface area contributed by atoms with E-state index in [1.165, 1.54) is 0 Å². The van der Waals surface area contributed by atoms with E-state index in [1.807, 2.05) is 23.9 Å². The van der Waals surface area contributed by atoms with Crippen molar-refractivity contribution in [2.75, 3.05) is 13.2 Å². The first-order valence-corrected chi connectivity index (χ1v) is 8.80. The maximum Gasteiger partial charge on any atom is 0.251 e. The molecule has 0 unspecified atom stereocenters. The molecule has 7 nitrogen and oxygen atoms in total. The molecule has 1 aromatic carbocycles. The maximum absolute atomic E-state index is 12.6. The van der Waals surface area contributed by atoms with E-state index in [2.05, 4.69) is 20.3 Å². The Morgan fingerprint density at radius 3 is 2.88 bits per heavy atom. The Morgan fingerprint density at radius 1 is 1.23 bits per heavy atom. The number of carbonyl (C=O) groups excluding carboxylic acids is 1. The molecule has 0 spiro atoms. The summed E-state index contributed by atoms with van der Waals surface area (Å²) in [5, 5.41) is 3.04. The van der Waals surface area contributed by atoms with Gasteiger partial charge < -0.3 is 14.6 Å². The molecule has 0 radical (unpaired) electrons. The third kappa shape index (κ3) is 3.30. The Bertz CT molecular complexity index is 923. The van der Waals surface area contributed by atoms with Gasteiger partial charge in [0, 0.05) is 56.5 Å². The number of carbonyl (C=O) groups is 1. The van der Waals surface area contributed by atoms with Gasteiger partial charge in [0.2, 0.25) is 0 Å². The number of nitrogens with zero attached hydrogens (tertiary/aromatic N) is 4. The number of hydrogen-bond acceptors (Lipinski definition) is 5. The Kier molecular flexibility index (Phi) is 4.62. The fraction of sp³-hybridized carbons (Fsp3) is 0.368. The number of ether oxygens (including phenoxy) is 1. The molecule has 134 valence electrons. The van der Waals surface area contributed by atoms with Crippen LogP contribution in [0, 0.1) is 5.92 Å². The highest BCUT2D eigenvalue weighted by molar-refractivity contribution is 5.97. The van der Waals surface area contributed by atoms with E-state index >= 15 is 0 Å². The second-order valence-corrected chi connectivity index (χ2v) is 6.56. The summed E-state index contributed by atoms with van der Waals surface area (Å²) < 4.78 is 7.94. The smallest absolute Gasteiger partial charge is 0.251 e. The third-order valence-corrected chi connectivity index (χ3v) is 4.81. The Labute approximate surface area is 151 Å². The van der Waals surface area contributed by atoms with Gasteiger partial charge in [0.15, 0.2) is 0 Å². The van der Waals surface area contributed by atoms with Crippen molar-refractivity contribution >= 4 is 16.9 Å². The van der Waals surface area contributed by atoms with Crippen molar-refractivity contribution in [2.24, 2.45) is 13.0 Å². The van der Waals surface area contributed by atoms with Gasteiger partial charge in [-0.1, -0.05) is 0 Å². The molecule has 2 aromatic heterocycles. The number of hydrogen-bond donors (Lipinski definition) is 1. The summed E-state index contributed by atoms with van der Waals surface area (Å²) in [4.78, 5) is 25.5. The molecule has 3 aromatic rings. The lowest BCUT2D eigenvalue weighted by molar-refractivity contribution is -0.0337. The lowest BCUT2D eigenvalue weighted by Crippen LogP contribution is -2.36. The van der Waals surface area contributed by atoms with Gasteiger partial charge in [-0.3, -0.25) is 14.8 Å². The van der Waals surface area contributed by atoms with Gasteiger partial charge in [0.05, 0.1) is 11.0 Å². The van der Waals surface area contributed by atoms with Gasteiger partial charge >= 0.3 is 0 Å². The van der Waals surface area contributed by atoms with E-state index in [4.69, 9.17) is 4.74 Å². The van der Waals surface area contributed by atoms with Crippen LogP contribution in [0.5, 0.6) is 0 Å². The van der Waals surface area contributed by atoms with E-state index < -0.39 is 0 Å². The summed E-state index contributed by atoms with van der Waals surface area (Å²) in [6.45, 7) is 1.28. The largest absolute Gasteiger partial charge is 0.370 e. The van der Waals surface area contributed by atoms with Crippen LogP contribution in [0.1, 0.15) is 35.1 Å². The van der Waals surface area contributed by atoms with E-state index in [1.54, 1.807) is 30.7 Å². The number of amides is 1. The molecule has 1 saturated heterocycles. The predicted molar refractivity (Wildman–Crippen MR) is 96.5 cm³/mol. The van der Waals surface area contributed by atoms with Gasteiger partial charge in [0.1, 0.15) is 11.9 Å². The molecule has 0 aliphatic carbocycles. The highest BCUT2D eigenvalue weighted by atomic mass is 16.5. The van der Waals surface area contributed by atoms with Gasteiger partial charge in [-0.05, 0) is 31.0 Å². The predicted octanol–water partition coefficient (Wildman–Crippen LogP) is 2.26. The molecule has 1 N–H and O–H groups in total. The van der Waals surface area contributed by atoms with Gasteiger partial charge in [-0.2, -0.15) is 0 Å². The fourth-order valence-corrected chi connectivity index (χ4v) is 3.42. The summed E-state index contributed by atoms with van der Waals surface area (Å²) in [6, 6.07) is 5.36. The lowest BCUT2D eigenvalue weighted by atomic mass is 9.93. The first-order valence-electron chi connectivity index (χ1n) is 8.80. The number of aryl methyl sites for hydroxylation is 1. The molecule has 26 heavy (non-hydrogen) atoms. The topological polar surface area (TPSA) is 81.9 Å². The number of fused-ring (bicyclic) bond motifs is 1. The van der Waals surface area contributed by atoms with Crippen LogP contribution >= 0.6 is 0 Å². The summed E-state index contributed by atoms with van der Waals surface area (Å²) in [5.41, 5.74) is 2.08. The minimum atomic E-state index is -0.110. The molecule has 2 atom stereocenters. The summed E-state index contributed by atoms with van der Waals surface area (Å²) in [6.07, 6.45) is 8.86. The molecule has 1 fully saturated rings. The normalized spacial score (nSPS) is 20.2. The first-order chi connectivity index (χ1) is 12.7. The highest BCUT2D eigenvalue weighted by Crippen LogP contribution is 2.32. The molecule has 1 amide bonds. The minimum Gasteiger partial charge on any atom is -0.370 e. The first kappa shape index (κ1) is 16.7. The highest BCUT2D eigenvalue weighted by Gasteiger charge is 2.30.